The smallest absolute Gasteiger partial charge is 0.287 e. The zero-order valence-electron chi connectivity index (χ0n) is 28.5. The average molecular weight is 685 g/mol. The summed E-state index contributed by atoms with van der Waals surface area (Å²) in [5.74, 6) is 0. The Balaban J connectivity index is 0.000000183. The van der Waals surface area contributed by atoms with Crippen molar-refractivity contribution in [2.45, 2.75) is 47.4 Å². The Kier molecular flexibility index (Phi) is 10.2. The molecule has 0 radical (unpaired) electrons. The van der Waals surface area contributed by atoms with E-state index in [1.165, 1.54) is 29.5 Å². The standard InChI is InChI=1S/C22H21N5O2.C15H15N5O2/c1-15-18(9-6-10-23-15)12-24-19-11-20(28)27(22-21(19)16(2)25-14-26-22)29-13-17-7-4-3-5-8-17;1-9-11(4-3-5-16-9)7-17-12-6-13(21)20(22)15-14(12)10(2)18-8-19-15/h3-11,14,24H,12-13H2,1-2H3;3-6,8,17,22H,7H2,1-2H3. The first kappa shape index (κ1) is 34.2. The number of rotatable bonds is 9. The zero-order valence-corrected chi connectivity index (χ0v) is 28.5. The van der Waals surface area contributed by atoms with E-state index in [0.717, 1.165) is 39.2 Å². The number of anilines is 2. The van der Waals surface area contributed by atoms with Gasteiger partial charge in [-0.25, -0.2) is 19.9 Å². The maximum atomic E-state index is 12.8. The van der Waals surface area contributed by atoms with Gasteiger partial charge >= 0.3 is 0 Å². The third-order valence-corrected chi connectivity index (χ3v) is 8.28. The van der Waals surface area contributed by atoms with E-state index in [9.17, 15) is 14.8 Å². The van der Waals surface area contributed by atoms with Gasteiger partial charge in [-0.3, -0.25) is 19.6 Å². The van der Waals surface area contributed by atoms with Crippen molar-refractivity contribution in [1.82, 2.24) is 39.4 Å². The number of fused-ring (bicyclic) bond motifs is 2. The van der Waals surface area contributed by atoms with Crippen LogP contribution in [-0.2, 0) is 19.7 Å². The largest absolute Gasteiger partial charge is 0.423 e. The normalized spacial score (nSPS) is 10.8. The SMILES string of the molecule is Cc1ncccc1CNc1cc(=O)n(O)c2ncnc(C)c12.Cc1ncccc1CNc1cc(=O)n(OCc2ccccc2)c2ncnc(C)c12. The van der Waals surface area contributed by atoms with Crippen LogP contribution < -0.4 is 26.6 Å². The lowest BCUT2D eigenvalue weighted by Crippen LogP contribution is -2.28. The predicted molar refractivity (Wildman–Crippen MR) is 194 cm³/mol. The van der Waals surface area contributed by atoms with Gasteiger partial charge in [0.05, 0.1) is 33.5 Å². The molecule has 0 aliphatic rings. The predicted octanol–water partition coefficient (Wildman–Crippen LogP) is 4.70. The molecule has 0 aliphatic heterocycles. The molecular weight excluding hydrogens is 648 g/mol. The van der Waals surface area contributed by atoms with E-state index in [4.69, 9.17) is 4.84 Å². The van der Waals surface area contributed by atoms with Crippen molar-refractivity contribution in [2.75, 3.05) is 10.6 Å². The number of nitrogens with one attached hydrogen (secondary N) is 2. The van der Waals surface area contributed by atoms with Crippen molar-refractivity contribution in [3.05, 3.63) is 152 Å². The zero-order chi connectivity index (χ0) is 35.9. The summed E-state index contributed by atoms with van der Waals surface area (Å²) in [6.45, 7) is 8.88. The minimum Gasteiger partial charge on any atom is -0.423 e. The molecule has 1 aromatic carbocycles. The molecule has 0 spiro atoms. The van der Waals surface area contributed by atoms with Gasteiger partial charge in [-0.05, 0) is 56.5 Å². The van der Waals surface area contributed by atoms with E-state index in [1.807, 2.05) is 75.4 Å². The quantitative estimate of drug-likeness (QED) is 0.179. The Morgan fingerprint density at radius 2 is 1.16 bits per heavy atom. The highest BCUT2D eigenvalue weighted by Gasteiger charge is 2.15. The van der Waals surface area contributed by atoms with Crippen LogP contribution in [0.4, 0.5) is 11.4 Å². The van der Waals surface area contributed by atoms with Crippen molar-refractivity contribution >= 4 is 33.4 Å². The summed E-state index contributed by atoms with van der Waals surface area (Å²) >= 11 is 0. The molecule has 0 fully saturated rings. The van der Waals surface area contributed by atoms with Crippen LogP contribution in [0, 0.1) is 27.7 Å². The number of aromatic nitrogens is 8. The topological polar surface area (TPSA) is 175 Å². The summed E-state index contributed by atoms with van der Waals surface area (Å²) in [6, 6.07) is 20.3. The fraction of sp³-hybridized carbons (Fsp3) is 0.189. The van der Waals surface area contributed by atoms with Crippen molar-refractivity contribution in [1.29, 1.82) is 0 Å². The second-order valence-electron chi connectivity index (χ2n) is 11.7. The van der Waals surface area contributed by atoms with Crippen molar-refractivity contribution in [3.8, 4) is 0 Å². The first-order valence-electron chi connectivity index (χ1n) is 16.1. The maximum Gasteiger partial charge on any atom is 0.287 e. The molecule has 0 saturated carbocycles. The van der Waals surface area contributed by atoms with E-state index in [1.54, 1.807) is 19.3 Å². The molecule has 14 heteroatoms. The Morgan fingerprint density at radius 1 is 0.627 bits per heavy atom. The summed E-state index contributed by atoms with van der Waals surface area (Å²) < 4.78 is 1.77. The summed E-state index contributed by atoms with van der Waals surface area (Å²) in [7, 11) is 0. The molecule has 3 N–H and O–H groups in total. The van der Waals surface area contributed by atoms with Crippen molar-refractivity contribution < 1.29 is 10.0 Å². The molecular formula is C37H36N10O4. The number of benzene rings is 1. The van der Waals surface area contributed by atoms with E-state index >= 15 is 0 Å². The van der Waals surface area contributed by atoms with Gasteiger partial charge in [0.2, 0.25) is 0 Å². The monoisotopic (exact) mass is 684 g/mol. The van der Waals surface area contributed by atoms with Crippen molar-refractivity contribution in [3.63, 3.8) is 0 Å². The minimum absolute atomic E-state index is 0.186. The molecule has 0 aliphatic carbocycles. The number of nitrogens with zero attached hydrogens (tertiary/aromatic N) is 8. The van der Waals surface area contributed by atoms with Gasteiger partial charge in [-0.15, -0.1) is 9.46 Å². The Labute approximate surface area is 292 Å². The van der Waals surface area contributed by atoms with Gasteiger partial charge in [0, 0.05) is 49.0 Å². The summed E-state index contributed by atoms with van der Waals surface area (Å²) in [4.78, 5) is 55.7. The van der Waals surface area contributed by atoms with Gasteiger partial charge in [0.15, 0.2) is 11.3 Å². The molecule has 0 atom stereocenters. The maximum absolute atomic E-state index is 12.8. The van der Waals surface area contributed by atoms with Gasteiger partial charge < -0.3 is 20.7 Å². The van der Waals surface area contributed by atoms with Crippen LogP contribution in [0.1, 0.15) is 39.5 Å². The fourth-order valence-corrected chi connectivity index (χ4v) is 5.49. The molecule has 258 valence electrons. The summed E-state index contributed by atoms with van der Waals surface area (Å²) in [5, 5.41) is 17.7. The van der Waals surface area contributed by atoms with Crippen LogP contribution in [-0.4, -0.2) is 44.6 Å². The highest BCUT2D eigenvalue weighted by atomic mass is 16.7. The molecule has 14 nitrogen and oxygen atoms in total. The molecule has 0 saturated heterocycles. The van der Waals surface area contributed by atoms with Crippen LogP contribution >= 0.6 is 0 Å². The molecule has 7 aromatic rings. The second kappa shape index (κ2) is 15.2. The van der Waals surface area contributed by atoms with E-state index < -0.39 is 5.56 Å². The third kappa shape index (κ3) is 7.64. The van der Waals surface area contributed by atoms with Crippen LogP contribution in [0.3, 0.4) is 0 Å². The Bertz CT molecular complexity index is 2450. The highest BCUT2D eigenvalue weighted by Crippen LogP contribution is 2.24. The molecule has 0 unspecified atom stereocenters. The van der Waals surface area contributed by atoms with Gasteiger partial charge in [-0.1, -0.05) is 42.5 Å². The summed E-state index contributed by atoms with van der Waals surface area (Å²) in [6.07, 6.45) is 6.25. The van der Waals surface area contributed by atoms with Crippen LogP contribution in [0.5, 0.6) is 0 Å². The number of hydrogen-bond donors (Lipinski definition) is 3. The molecule has 0 bridgehead atoms. The average Bonchev–Trinajstić information content (AvgIpc) is 3.13. The highest BCUT2D eigenvalue weighted by molar-refractivity contribution is 5.91. The van der Waals surface area contributed by atoms with E-state index in [0.29, 0.717) is 45.9 Å². The fourth-order valence-electron chi connectivity index (χ4n) is 5.49. The van der Waals surface area contributed by atoms with E-state index in [2.05, 4.69) is 40.5 Å². The van der Waals surface area contributed by atoms with Crippen LogP contribution in [0.15, 0.2) is 101 Å². The van der Waals surface area contributed by atoms with E-state index in [-0.39, 0.29) is 17.8 Å². The lowest BCUT2D eigenvalue weighted by Gasteiger charge is -2.16. The second-order valence-corrected chi connectivity index (χ2v) is 11.7. The third-order valence-electron chi connectivity index (χ3n) is 8.28. The lowest BCUT2D eigenvalue weighted by atomic mass is 10.2. The summed E-state index contributed by atoms with van der Waals surface area (Å²) in [5.41, 5.74) is 7.39. The van der Waals surface area contributed by atoms with Crippen LogP contribution in [0.25, 0.3) is 22.1 Å². The Morgan fingerprint density at radius 3 is 1.73 bits per heavy atom. The molecule has 7 rings (SSSR count). The van der Waals surface area contributed by atoms with Crippen molar-refractivity contribution in [2.24, 2.45) is 0 Å². The van der Waals surface area contributed by atoms with Gasteiger partial charge in [0.1, 0.15) is 19.3 Å². The lowest BCUT2D eigenvalue weighted by molar-refractivity contribution is 0.0979. The Hall–Kier alpha value is -6.70. The first-order chi connectivity index (χ1) is 24.7. The molecule has 0 amide bonds. The van der Waals surface area contributed by atoms with Gasteiger partial charge in [0.25, 0.3) is 11.1 Å². The van der Waals surface area contributed by atoms with Crippen LogP contribution in [0.2, 0.25) is 0 Å². The molecule has 6 heterocycles. The first-order valence-corrected chi connectivity index (χ1v) is 16.1. The number of pyridine rings is 4. The number of hydrogen-bond acceptors (Lipinski definition) is 12. The number of aryl methyl sites for hydroxylation is 4. The minimum atomic E-state index is -0.545. The van der Waals surface area contributed by atoms with Gasteiger partial charge in [-0.2, -0.15) is 0 Å². The molecule has 51 heavy (non-hydrogen) atoms. The molecule has 6 aromatic heterocycles.